The van der Waals surface area contributed by atoms with Crippen LogP contribution in [0.5, 0.6) is 11.5 Å². The largest absolute Gasteiger partial charge is 0.504 e. The van der Waals surface area contributed by atoms with Gasteiger partial charge >= 0.3 is 0 Å². The number of ether oxygens (including phenoxy) is 1. The zero-order valence-electron chi connectivity index (χ0n) is 16.0. The van der Waals surface area contributed by atoms with Gasteiger partial charge in [0.25, 0.3) is 5.91 Å². The third-order valence-electron chi connectivity index (χ3n) is 4.60. The number of thiophene rings is 1. The smallest absolute Gasteiger partial charge is 0.290 e. The van der Waals surface area contributed by atoms with Crippen molar-refractivity contribution in [2.45, 2.75) is 33.4 Å². The predicted molar refractivity (Wildman–Crippen MR) is 106 cm³/mol. The minimum Gasteiger partial charge on any atom is -0.504 e. The lowest BCUT2D eigenvalue weighted by atomic mass is 9.91. The molecule has 6 nitrogen and oxygen atoms in total. The molecule has 1 aromatic carbocycles. The van der Waals surface area contributed by atoms with Crippen LogP contribution in [0.1, 0.15) is 37.3 Å². The second kappa shape index (κ2) is 8.06. The normalized spacial score (nSPS) is 16.9. The standard InChI is InChI=1S/C21H23NO5S/c1-4-27-16-10-13(7-8-15(16)23)18-17(19(24)12(2)3)20(25)21(26)22(18)11-14-6-5-9-28-14/h5-10,12,18,23,25H,4,11H2,1-3H3. The highest BCUT2D eigenvalue weighted by molar-refractivity contribution is 7.09. The molecular weight excluding hydrogens is 378 g/mol. The summed E-state index contributed by atoms with van der Waals surface area (Å²) >= 11 is 1.50. The van der Waals surface area contributed by atoms with Crippen molar-refractivity contribution in [2.24, 2.45) is 5.92 Å². The monoisotopic (exact) mass is 401 g/mol. The van der Waals surface area contributed by atoms with Crippen LogP contribution in [0.2, 0.25) is 0 Å². The summed E-state index contributed by atoms with van der Waals surface area (Å²) in [6, 6.07) is 7.77. The van der Waals surface area contributed by atoms with E-state index in [1.807, 2.05) is 17.5 Å². The van der Waals surface area contributed by atoms with E-state index in [0.29, 0.717) is 12.2 Å². The topological polar surface area (TPSA) is 87.1 Å². The molecule has 1 aliphatic heterocycles. The molecule has 0 spiro atoms. The fourth-order valence-electron chi connectivity index (χ4n) is 3.27. The number of amides is 1. The molecule has 1 aliphatic rings. The van der Waals surface area contributed by atoms with Crippen LogP contribution < -0.4 is 4.74 Å². The average Bonchev–Trinajstić information content (AvgIpc) is 3.25. The quantitative estimate of drug-likeness (QED) is 0.733. The van der Waals surface area contributed by atoms with E-state index in [1.54, 1.807) is 32.9 Å². The molecule has 2 heterocycles. The van der Waals surface area contributed by atoms with Gasteiger partial charge in [0.2, 0.25) is 0 Å². The lowest BCUT2D eigenvalue weighted by molar-refractivity contribution is -0.130. The first-order valence-electron chi connectivity index (χ1n) is 9.11. The van der Waals surface area contributed by atoms with Gasteiger partial charge in [0.15, 0.2) is 23.0 Å². The van der Waals surface area contributed by atoms with E-state index in [-0.39, 0.29) is 35.3 Å². The van der Waals surface area contributed by atoms with E-state index in [9.17, 15) is 19.8 Å². The van der Waals surface area contributed by atoms with E-state index < -0.39 is 17.7 Å². The Morgan fingerprint density at radius 1 is 1.29 bits per heavy atom. The minimum atomic E-state index is -0.746. The van der Waals surface area contributed by atoms with E-state index in [2.05, 4.69) is 0 Å². The summed E-state index contributed by atoms with van der Waals surface area (Å²) in [5.74, 6) is -1.50. The molecule has 0 saturated carbocycles. The first-order valence-corrected chi connectivity index (χ1v) is 9.99. The number of aromatic hydroxyl groups is 1. The molecular formula is C21H23NO5S. The third kappa shape index (κ3) is 3.62. The lowest BCUT2D eigenvalue weighted by Gasteiger charge is -2.27. The summed E-state index contributed by atoms with van der Waals surface area (Å²) < 4.78 is 5.46. The number of aliphatic hydroxyl groups excluding tert-OH is 1. The zero-order valence-corrected chi connectivity index (χ0v) is 16.8. The number of carbonyl (C=O) groups excluding carboxylic acids is 2. The Hall–Kier alpha value is -2.80. The highest BCUT2D eigenvalue weighted by Gasteiger charge is 2.44. The number of hydrogen-bond donors (Lipinski definition) is 2. The van der Waals surface area contributed by atoms with Crippen molar-refractivity contribution in [1.82, 2.24) is 4.90 Å². The number of carbonyl (C=O) groups is 2. The van der Waals surface area contributed by atoms with Crippen LogP contribution in [0, 0.1) is 5.92 Å². The number of Topliss-reactive ketones (excluding diaryl/α,β-unsaturated/α-hetero) is 1. The van der Waals surface area contributed by atoms with E-state index in [0.717, 1.165) is 4.88 Å². The Balaban J connectivity index is 2.10. The fourth-order valence-corrected chi connectivity index (χ4v) is 3.97. The van der Waals surface area contributed by atoms with Crippen LogP contribution in [0.4, 0.5) is 0 Å². The van der Waals surface area contributed by atoms with Crippen LogP contribution in [0.15, 0.2) is 47.0 Å². The molecule has 7 heteroatoms. The predicted octanol–water partition coefficient (Wildman–Crippen LogP) is 3.97. The molecule has 0 radical (unpaired) electrons. The van der Waals surface area contributed by atoms with Gasteiger partial charge in [-0.05, 0) is 36.1 Å². The maximum absolute atomic E-state index is 12.8. The maximum Gasteiger partial charge on any atom is 0.290 e. The van der Waals surface area contributed by atoms with Gasteiger partial charge in [-0.25, -0.2) is 0 Å². The first kappa shape index (κ1) is 19.9. The van der Waals surface area contributed by atoms with Crippen molar-refractivity contribution >= 4 is 23.0 Å². The molecule has 0 saturated heterocycles. The molecule has 3 rings (SSSR count). The first-order chi connectivity index (χ1) is 13.3. The van der Waals surface area contributed by atoms with Crippen LogP contribution >= 0.6 is 11.3 Å². The van der Waals surface area contributed by atoms with Crippen molar-refractivity contribution in [3.8, 4) is 11.5 Å². The number of hydrogen-bond acceptors (Lipinski definition) is 6. The fraction of sp³-hybridized carbons (Fsp3) is 0.333. The van der Waals surface area contributed by atoms with Gasteiger partial charge in [-0.15, -0.1) is 11.3 Å². The molecule has 1 atom stereocenters. The molecule has 2 aromatic rings. The molecule has 1 unspecified atom stereocenters. The van der Waals surface area contributed by atoms with Gasteiger partial charge in [-0.2, -0.15) is 0 Å². The summed E-state index contributed by atoms with van der Waals surface area (Å²) in [7, 11) is 0. The van der Waals surface area contributed by atoms with Crippen molar-refractivity contribution in [3.63, 3.8) is 0 Å². The molecule has 148 valence electrons. The van der Waals surface area contributed by atoms with Crippen LogP contribution in [0.3, 0.4) is 0 Å². The van der Waals surface area contributed by atoms with E-state index in [1.165, 1.54) is 22.3 Å². The maximum atomic E-state index is 12.8. The highest BCUT2D eigenvalue weighted by Crippen LogP contribution is 2.42. The summed E-state index contributed by atoms with van der Waals surface area (Å²) in [4.78, 5) is 28.1. The average molecular weight is 401 g/mol. The Bertz CT molecular complexity index is 917. The Morgan fingerprint density at radius 2 is 2.04 bits per heavy atom. The van der Waals surface area contributed by atoms with Gasteiger partial charge in [0.05, 0.1) is 24.8 Å². The summed E-state index contributed by atoms with van der Waals surface area (Å²) in [5, 5.41) is 22.5. The number of aliphatic hydroxyl groups is 1. The molecule has 28 heavy (non-hydrogen) atoms. The van der Waals surface area contributed by atoms with Gasteiger partial charge in [-0.3, -0.25) is 9.59 Å². The number of ketones is 1. The number of phenolic OH excluding ortho intramolecular Hbond substituents is 1. The zero-order chi connectivity index (χ0) is 20.4. The number of nitrogens with zero attached hydrogens (tertiary/aromatic N) is 1. The molecule has 0 aliphatic carbocycles. The molecule has 1 aromatic heterocycles. The van der Waals surface area contributed by atoms with Gasteiger partial charge in [-0.1, -0.05) is 26.0 Å². The van der Waals surface area contributed by atoms with Gasteiger partial charge in [0, 0.05) is 10.8 Å². The van der Waals surface area contributed by atoms with Crippen molar-refractivity contribution in [3.05, 3.63) is 57.5 Å². The van der Waals surface area contributed by atoms with Gasteiger partial charge in [0.1, 0.15) is 0 Å². The Kier molecular flexibility index (Phi) is 5.74. The van der Waals surface area contributed by atoms with Crippen LogP contribution in [-0.2, 0) is 16.1 Å². The summed E-state index contributed by atoms with van der Waals surface area (Å²) in [6.45, 7) is 5.89. The van der Waals surface area contributed by atoms with Crippen molar-refractivity contribution in [2.75, 3.05) is 6.61 Å². The summed E-state index contributed by atoms with van der Waals surface area (Å²) in [6.07, 6.45) is 0. The van der Waals surface area contributed by atoms with E-state index >= 15 is 0 Å². The highest BCUT2D eigenvalue weighted by atomic mass is 32.1. The van der Waals surface area contributed by atoms with Gasteiger partial charge < -0.3 is 19.8 Å². The van der Waals surface area contributed by atoms with Crippen LogP contribution in [-0.4, -0.2) is 33.4 Å². The minimum absolute atomic E-state index is 0.0235. The number of benzene rings is 1. The molecule has 1 amide bonds. The molecule has 0 fully saturated rings. The van der Waals surface area contributed by atoms with Crippen LogP contribution in [0.25, 0.3) is 0 Å². The number of rotatable bonds is 7. The van der Waals surface area contributed by atoms with Crippen molar-refractivity contribution < 1.29 is 24.5 Å². The second-order valence-corrected chi connectivity index (χ2v) is 7.89. The Morgan fingerprint density at radius 3 is 2.64 bits per heavy atom. The SMILES string of the molecule is CCOc1cc(C2C(C(=O)C(C)C)=C(O)C(=O)N2Cc2cccs2)ccc1O. The second-order valence-electron chi connectivity index (χ2n) is 6.86. The number of phenols is 1. The third-order valence-corrected chi connectivity index (χ3v) is 5.46. The Labute approximate surface area is 167 Å². The lowest BCUT2D eigenvalue weighted by Crippen LogP contribution is -2.30. The summed E-state index contributed by atoms with van der Waals surface area (Å²) in [5.41, 5.74) is 0.684. The van der Waals surface area contributed by atoms with E-state index in [4.69, 9.17) is 4.74 Å². The molecule has 0 bridgehead atoms. The molecule has 2 N–H and O–H groups in total. The van der Waals surface area contributed by atoms with Crippen molar-refractivity contribution in [1.29, 1.82) is 0 Å².